The summed E-state index contributed by atoms with van der Waals surface area (Å²) in [6, 6.07) is 10.1. The second-order valence-corrected chi connectivity index (χ2v) is 6.37. The monoisotopic (exact) mass is 355 g/mol. The summed E-state index contributed by atoms with van der Waals surface area (Å²) in [7, 11) is 1.41. The highest BCUT2D eigenvalue weighted by Gasteiger charge is 2.30. The number of benzene rings is 1. The van der Waals surface area contributed by atoms with E-state index in [2.05, 4.69) is 20.6 Å². The molecule has 0 radical (unpaired) electrons. The summed E-state index contributed by atoms with van der Waals surface area (Å²) in [6.45, 7) is 0. The molecule has 1 aliphatic carbocycles. The number of carbonyl (C=O) groups is 1. The van der Waals surface area contributed by atoms with Gasteiger partial charge >= 0.3 is 5.97 Å². The fourth-order valence-electron chi connectivity index (χ4n) is 3.38. The lowest BCUT2D eigenvalue weighted by atomic mass is 10.1. The van der Waals surface area contributed by atoms with Crippen LogP contribution in [0, 0.1) is 11.7 Å². The third kappa shape index (κ3) is 2.98. The topological polar surface area (TPSA) is 81.4 Å². The Morgan fingerprint density at radius 3 is 2.88 bits per heavy atom. The molecule has 0 bridgehead atoms. The van der Waals surface area contributed by atoms with Crippen LogP contribution in [0.3, 0.4) is 0 Å². The maximum atomic E-state index is 14.1. The van der Waals surface area contributed by atoms with E-state index in [4.69, 9.17) is 4.74 Å². The van der Waals surface area contributed by atoms with E-state index in [-0.39, 0.29) is 23.7 Å². The van der Waals surface area contributed by atoms with Crippen molar-refractivity contribution in [1.29, 1.82) is 0 Å². The molecule has 0 unspecified atom stereocenters. The van der Waals surface area contributed by atoms with Gasteiger partial charge in [-0.3, -0.25) is 4.79 Å². The number of hydrogen-bond donors (Lipinski definition) is 1. The summed E-state index contributed by atoms with van der Waals surface area (Å²) in [4.78, 5) is 11.7. The van der Waals surface area contributed by atoms with Gasteiger partial charge in [0.2, 0.25) is 0 Å². The number of hydrogen-bond acceptors (Lipinski definition) is 6. The number of ether oxygens (including phenoxy) is 1. The third-order valence-corrected chi connectivity index (χ3v) is 4.70. The number of methoxy groups -OCH3 is 1. The van der Waals surface area contributed by atoms with Crippen molar-refractivity contribution in [3.05, 3.63) is 42.2 Å². The summed E-state index contributed by atoms with van der Waals surface area (Å²) < 4.78 is 20.4. The van der Waals surface area contributed by atoms with Gasteiger partial charge in [0, 0.05) is 6.04 Å². The molecule has 1 saturated carbocycles. The second kappa shape index (κ2) is 6.70. The summed E-state index contributed by atoms with van der Waals surface area (Å²) in [5.74, 6) is 0.355. The van der Waals surface area contributed by atoms with Crippen LogP contribution in [-0.4, -0.2) is 38.9 Å². The molecular weight excluding hydrogens is 337 g/mol. The molecule has 2 heterocycles. The van der Waals surface area contributed by atoms with E-state index in [9.17, 15) is 9.18 Å². The van der Waals surface area contributed by atoms with Gasteiger partial charge in [-0.25, -0.2) is 4.39 Å². The summed E-state index contributed by atoms with van der Waals surface area (Å²) >= 11 is 0. The summed E-state index contributed by atoms with van der Waals surface area (Å²) in [6.07, 6.45) is 2.36. The van der Waals surface area contributed by atoms with E-state index >= 15 is 0 Å². The standard InChI is InChI=1S/C18H18FN5O2/c1-26-18(25)11-6-7-12(10-11)20-15-8-9-16-21-22-17(24(16)23-15)13-4-2-3-5-14(13)19/h2-5,8-9,11-12H,6-7,10H2,1H3,(H,20,23)/t11-,12+/m0/s1. The number of halogens is 1. The number of esters is 1. The molecule has 0 aliphatic heterocycles. The first-order valence-corrected chi connectivity index (χ1v) is 8.47. The molecule has 26 heavy (non-hydrogen) atoms. The zero-order valence-electron chi connectivity index (χ0n) is 14.2. The molecule has 1 fully saturated rings. The highest BCUT2D eigenvalue weighted by atomic mass is 19.1. The van der Waals surface area contributed by atoms with Gasteiger partial charge in [0.05, 0.1) is 18.6 Å². The Hall–Kier alpha value is -3.03. The van der Waals surface area contributed by atoms with Crippen LogP contribution in [0.4, 0.5) is 10.2 Å². The van der Waals surface area contributed by atoms with Crippen molar-refractivity contribution in [2.24, 2.45) is 5.92 Å². The first-order chi connectivity index (χ1) is 12.7. The largest absolute Gasteiger partial charge is 0.469 e. The zero-order valence-corrected chi connectivity index (χ0v) is 14.2. The minimum Gasteiger partial charge on any atom is -0.469 e. The molecule has 2 atom stereocenters. The molecule has 0 spiro atoms. The maximum Gasteiger partial charge on any atom is 0.308 e. The Balaban J connectivity index is 1.59. The van der Waals surface area contributed by atoms with Crippen molar-refractivity contribution in [3.8, 4) is 11.4 Å². The van der Waals surface area contributed by atoms with Gasteiger partial charge in [-0.15, -0.1) is 15.3 Å². The molecule has 2 aromatic heterocycles. The molecule has 4 rings (SSSR count). The quantitative estimate of drug-likeness (QED) is 0.725. The van der Waals surface area contributed by atoms with Crippen molar-refractivity contribution in [3.63, 3.8) is 0 Å². The number of fused-ring (bicyclic) bond motifs is 1. The average Bonchev–Trinajstić information content (AvgIpc) is 3.28. The number of nitrogens with one attached hydrogen (secondary N) is 1. The first kappa shape index (κ1) is 16.4. The molecule has 7 nitrogen and oxygen atoms in total. The number of carbonyl (C=O) groups excluding carboxylic acids is 1. The van der Waals surface area contributed by atoms with Crippen molar-refractivity contribution >= 4 is 17.4 Å². The summed E-state index contributed by atoms with van der Waals surface area (Å²) in [5.41, 5.74) is 0.879. The van der Waals surface area contributed by atoms with Crippen LogP contribution < -0.4 is 5.32 Å². The van der Waals surface area contributed by atoms with E-state index in [1.165, 1.54) is 17.7 Å². The lowest BCUT2D eigenvalue weighted by Crippen LogP contribution is -2.19. The predicted molar refractivity (Wildman–Crippen MR) is 92.9 cm³/mol. The van der Waals surface area contributed by atoms with Crippen LogP contribution >= 0.6 is 0 Å². The Morgan fingerprint density at radius 2 is 2.08 bits per heavy atom. The Labute approximate surface area is 149 Å². The van der Waals surface area contributed by atoms with Crippen molar-refractivity contribution < 1.29 is 13.9 Å². The lowest BCUT2D eigenvalue weighted by molar-refractivity contribution is -0.145. The van der Waals surface area contributed by atoms with E-state index in [1.807, 2.05) is 0 Å². The highest BCUT2D eigenvalue weighted by Crippen LogP contribution is 2.29. The van der Waals surface area contributed by atoms with Crippen molar-refractivity contribution in [1.82, 2.24) is 19.8 Å². The normalized spacial score (nSPS) is 19.6. The molecule has 0 amide bonds. The van der Waals surface area contributed by atoms with Gasteiger partial charge < -0.3 is 10.1 Å². The Bertz CT molecular complexity index is 958. The van der Waals surface area contributed by atoms with Gasteiger partial charge in [0.1, 0.15) is 11.6 Å². The van der Waals surface area contributed by atoms with Gasteiger partial charge in [0.25, 0.3) is 0 Å². The molecule has 1 aliphatic rings. The molecular formula is C18H18FN5O2. The van der Waals surface area contributed by atoms with Crippen LogP contribution in [0.15, 0.2) is 36.4 Å². The van der Waals surface area contributed by atoms with Crippen LogP contribution in [0.25, 0.3) is 17.0 Å². The molecule has 0 saturated heterocycles. The fourth-order valence-corrected chi connectivity index (χ4v) is 3.38. The van der Waals surface area contributed by atoms with Crippen LogP contribution in [0.2, 0.25) is 0 Å². The predicted octanol–water partition coefficient (Wildman–Crippen LogP) is 2.68. The first-order valence-electron chi connectivity index (χ1n) is 8.47. The number of aromatic nitrogens is 4. The average molecular weight is 355 g/mol. The molecule has 3 aromatic rings. The Morgan fingerprint density at radius 1 is 1.23 bits per heavy atom. The van der Waals surface area contributed by atoms with Crippen molar-refractivity contribution in [2.45, 2.75) is 25.3 Å². The maximum absolute atomic E-state index is 14.1. The van der Waals surface area contributed by atoms with E-state index in [0.717, 1.165) is 12.8 Å². The van der Waals surface area contributed by atoms with Gasteiger partial charge in [-0.1, -0.05) is 12.1 Å². The van der Waals surface area contributed by atoms with Crippen LogP contribution in [0.1, 0.15) is 19.3 Å². The number of nitrogens with zero attached hydrogens (tertiary/aromatic N) is 4. The fraction of sp³-hybridized carbons (Fsp3) is 0.333. The summed E-state index contributed by atoms with van der Waals surface area (Å²) in [5, 5.41) is 16.0. The molecule has 134 valence electrons. The molecule has 1 aromatic carbocycles. The van der Waals surface area contributed by atoms with Crippen molar-refractivity contribution in [2.75, 3.05) is 12.4 Å². The zero-order chi connectivity index (χ0) is 18.1. The minimum atomic E-state index is -0.376. The molecule has 8 heteroatoms. The van der Waals surface area contributed by atoms with E-state index in [0.29, 0.717) is 29.3 Å². The third-order valence-electron chi connectivity index (χ3n) is 4.70. The lowest BCUT2D eigenvalue weighted by Gasteiger charge is -2.13. The number of anilines is 1. The van der Waals surface area contributed by atoms with Gasteiger partial charge in [0.15, 0.2) is 11.5 Å². The Kier molecular flexibility index (Phi) is 4.24. The minimum absolute atomic E-state index is 0.0786. The second-order valence-electron chi connectivity index (χ2n) is 6.37. The van der Waals surface area contributed by atoms with Gasteiger partial charge in [-0.2, -0.15) is 4.52 Å². The van der Waals surface area contributed by atoms with E-state index in [1.54, 1.807) is 30.3 Å². The SMILES string of the molecule is COC(=O)[C@H]1CC[C@@H](Nc2ccc3nnc(-c4ccccc4F)n3n2)C1. The smallest absolute Gasteiger partial charge is 0.308 e. The highest BCUT2D eigenvalue weighted by molar-refractivity contribution is 5.72. The van der Waals surface area contributed by atoms with Crippen LogP contribution in [0.5, 0.6) is 0 Å². The number of rotatable bonds is 4. The van der Waals surface area contributed by atoms with Crippen LogP contribution in [-0.2, 0) is 9.53 Å². The van der Waals surface area contributed by atoms with Gasteiger partial charge in [-0.05, 0) is 43.5 Å². The molecule has 1 N–H and O–H groups in total. The van der Waals surface area contributed by atoms with E-state index < -0.39 is 0 Å².